The normalized spacial score (nSPS) is 13.2. The van der Waals surface area contributed by atoms with Gasteiger partial charge in [-0.1, -0.05) is 45.9 Å². The Morgan fingerprint density at radius 2 is 2.04 bits per heavy atom. The van der Waals surface area contributed by atoms with Gasteiger partial charge in [0.25, 0.3) is 5.91 Å². The van der Waals surface area contributed by atoms with E-state index in [1.165, 1.54) is 0 Å². The van der Waals surface area contributed by atoms with Gasteiger partial charge in [-0.05, 0) is 18.6 Å². The van der Waals surface area contributed by atoms with Crippen LogP contribution in [0.25, 0.3) is 5.65 Å². The third kappa shape index (κ3) is 3.57. The summed E-state index contributed by atoms with van der Waals surface area (Å²) < 4.78 is 1.70. The molecule has 2 aromatic heterocycles. The molecule has 3 aromatic rings. The van der Waals surface area contributed by atoms with Crippen LogP contribution < -0.4 is 5.32 Å². The van der Waals surface area contributed by atoms with Crippen LogP contribution in [-0.2, 0) is 5.41 Å². The highest BCUT2D eigenvalue weighted by Crippen LogP contribution is 2.22. The minimum absolute atomic E-state index is 0.0235. The molecular weight excluding hydrogens is 314 g/mol. The monoisotopic (exact) mass is 339 g/mol. The Labute approximate surface area is 147 Å². The van der Waals surface area contributed by atoms with Crippen molar-refractivity contribution in [2.24, 2.45) is 0 Å². The lowest BCUT2D eigenvalue weighted by Gasteiger charge is -2.15. The van der Waals surface area contributed by atoms with Crippen molar-refractivity contribution in [2.75, 3.05) is 6.54 Å². The minimum Gasteiger partial charge on any atom is -0.351 e. The highest BCUT2D eigenvalue weighted by molar-refractivity contribution is 5.95. The molecule has 1 atom stereocenters. The molecule has 6 heteroatoms. The van der Waals surface area contributed by atoms with Gasteiger partial charge in [0.2, 0.25) is 0 Å². The number of carbonyl (C=O) groups excluding carboxylic acids is 1. The van der Waals surface area contributed by atoms with E-state index in [0.29, 0.717) is 12.1 Å². The van der Waals surface area contributed by atoms with E-state index in [9.17, 15) is 4.79 Å². The maximum absolute atomic E-state index is 12.3. The molecule has 2 heterocycles. The number of hydrogen-bond donors (Lipinski definition) is 2. The number of hydrogen-bond acceptors (Lipinski definition) is 3. The number of H-pyrrole nitrogens is 1. The third-order valence-electron chi connectivity index (χ3n) is 4.36. The standard InChI is InChI=1S/C19H25N5O/c1-12-8-6-7-9-14(12)18(25)20-11-13(2)17-21-16-10-15(19(3,4)5)22-24(16)23-17/h6-10,13,22H,11H2,1-5H3,(H,20,25). The molecule has 0 saturated carbocycles. The highest BCUT2D eigenvalue weighted by atomic mass is 16.1. The van der Waals surface area contributed by atoms with Gasteiger partial charge in [0.1, 0.15) is 0 Å². The van der Waals surface area contributed by atoms with Gasteiger partial charge in [0.05, 0.1) is 0 Å². The zero-order valence-corrected chi connectivity index (χ0v) is 15.4. The van der Waals surface area contributed by atoms with Crippen LogP contribution >= 0.6 is 0 Å². The lowest BCUT2D eigenvalue weighted by Crippen LogP contribution is -2.28. The minimum atomic E-state index is -0.0651. The topological polar surface area (TPSA) is 75.1 Å². The summed E-state index contributed by atoms with van der Waals surface area (Å²) in [6.07, 6.45) is 0. The fraction of sp³-hybridized carbons (Fsp3) is 0.421. The molecule has 2 N–H and O–H groups in total. The van der Waals surface area contributed by atoms with Crippen molar-refractivity contribution in [2.45, 2.75) is 46.0 Å². The van der Waals surface area contributed by atoms with E-state index in [4.69, 9.17) is 0 Å². The maximum atomic E-state index is 12.3. The van der Waals surface area contributed by atoms with Gasteiger partial charge >= 0.3 is 0 Å². The first kappa shape index (κ1) is 17.2. The van der Waals surface area contributed by atoms with Gasteiger partial charge in [-0.25, -0.2) is 4.98 Å². The van der Waals surface area contributed by atoms with Gasteiger partial charge in [0.15, 0.2) is 11.5 Å². The van der Waals surface area contributed by atoms with Crippen molar-refractivity contribution in [3.8, 4) is 0 Å². The van der Waals surface area contributed by atoms with Crippen molar-refractivity contribution in [3.05, 3.63) is 53.0 Å². The summed E-state index contributed by atoms with van der Waals surface area (Å²) in [5.41, 5.74) is 3.59. The first-order valence-corrected chi connectivity index (χ1v) is 8.55. The van der Waals surface area contributed by atoms with Crippen molar-refractivity contribution in [3.63, 3.8) is 0 Å². The lowest BCUT2D eigenvalue weighted by molar-refractivity contribution is 0.0951. The highest BCUT2D eigenvalue weighted by Gasteiger charge is 2.20. The molecule has 25 heavy (non-hydrogen) atoms. The number of aromatic amines is 1. The summed E-state index contributed by atoms with van der Waals surface area (Å²) >= 11 is 0. The number of carbonyl (C=O) groups is 1. The van der Waals surface area contributed by atoms with E-state index in [-0.39, 0.29) is 17.2 Å². The second kappa shape index (κ2) is 6.35. The van der Waals surface area contributed by atoms with E-state index < -0.39 is 0 Å². The van der Waals surface area contributed by atoms with Crippen LogP contribution in [0.2, 0.25) is 0 Å². The number of fused-ring (bicyclic) bond motifs is 1. The van der Waals surface area contributed by atoms with E-state index in [1.807, 2.05) is 44.2 Å². The van der Waals surface area contributed by atoms with E-state index in [1.54, 1.807) is 4.63 Å². The Hall–Kier alpha value is -2.63. The average molecular weight is 339 g/mol. The Balaban J connectivity index is 1.68. The molecular formula is C19H25N5O. The van der Waals surface area contributed by atoms with E-state index in [2.05, 4.69) is 41.3 Å². The third-order valence-corrected chi connectivity index (χ3v) is 4.36. The summed E-state index contributed by atoms with van der Waals surface area (Å²) in [4.78, 5) is 16.9. The quantitative estimate of drug-likeness (QED) is 0.766. The van der Waals surface area contributed by atoms with Crippen molar-refractivity contribution in [1.29, 1.82) is 0 Å². The average Bonchev–Trinajstić information content (AvgIpc) is 3.11. The number of nitrogens with zero attached hydrogens (tertiary/aromatic N) is 3. The van der Waals surface area contributed by atoms with Gasteiger partial charge in [-0.2, -0.15) is 4.63 Å². The zero-order valence-electron chi connectivity index (χ0n) is 15.4. The largest absolute Gasteiger partial charge is 0.351 e. The smallest absolute Gasteiger partial charge is 0.251 e. The fourth-order valence-electron chi connectivity index (χ4n) is 2.64. The molecule has 0 bridgehead atoms. The summed E-state index contributed by atoms with van der Waals surface area (Å²) in [5.74, 6) is 0.681. The van der Waals surface area contributed by atoms with Gasteiger partial charge in [0, 0.05) is 35.2 Å². The number of aryl methyl sites for hydroxylation is 1. The molecule has 0 spiro atoms. The molecule has 0 saturated heterocycles. The Kier molecular flexibility index (Phi) is 4.37. The molecule has 0 aliphatic heterocycles. The molecule has 6 nitrogen and oxygen atoms in total. The SMILES string of the molecule is Cc1ccccc1C(=O)NCC(C)c1nc2cc(C(C)(C)C)[nH]n2n1. The Morgan fingerprint density at radius 1 is 1.32 bits per heavy atom. The summed E-state index contributed by atoms with van der Waals surface area (Å²) in [7, 11) is 0. The van der Waals surface area contributed by atoms with Crippen LogP contribution in [0.3, 0.4) is 0 Å². The molecule has 0 fully saturated rings. The molecule has 3 rings (SSSR count). The summed E-state index contributed by atoms with van der Waals surface area (Å²) in [5, 5.41) is 10.8. The Bertz CT molecular complexity index is 869. The second-order valence-corrected chi connectivity index (χ2v) is 7.59. The van der Waals surface area contributed by atoms with Gasteiger partial charge < -0.3 is 5.32 Å². The summed E-state index contributed by atoms with van der Waals surface area (Å²) in [6.45, 7) is 10.9. The van der Waals surface area contributed by atoms with Crippen molar-refractivity contribution < 1.29 is 4.79 Å². The molecule has 132 valence electrons. The van der Waals surface area contributed by atoms with Crippen LogP contribution in [0.1, 0.15) is 61.1 Å². The molecule has 1 amide bonds. The number of benzene rings is 1. The van der Waals surface area contributed by atoms with Gasteiger partial charge in [-0.15, -0.1) is 5.10 Å². The molecule has 0 radical (unpaired) electrons. The molecule has 1 unspecified atom stereocenters. The predicted molar refractivity (Wildman–Crippen MR) is 98.0 cm³/mol. The molecule has 1 aromatic carbocycles. The second-order valence-electron chi connectivity index (χ2n) is 7.59. The van der Waals surface area contributed by atoms with Crippen LogP contribution in [0.4, 0.5) is 0 Å². The Morgan fingerprint density at radius 3 is 2.68 bits per heavy atom. The molecule has 0 aliphatic carbocycles. The number of amides is 1. The predicted octanol–water partition coefficient (Wildman–Crippen LogP) is 3.20. The van der Waals surface area contributed by atoms with Crippen LogP contribution in [0.5, 0.6) is 0 Å². The first-order chi connectivity index (χ1) is 11.8. The van der Waals surface area contributed by atoms with Crippen molar-refractivity contribution >= 4 is 11.6 Å². The van der Waals surface area contributed by atoms with Crippen molar-refractivity contribution in [1.82, 2.24) is 25.1 Å². The van der Waals surface area contributed by atoms with E-state index in [0.717, 1.165) is 22.7 Å². The number of rotatable bonds is 4. The van der Waals surface area contributed by atoms with Gasteiger partial charge in [-0.3, -0.25) is 9.89 Å². The first-order valence-electron chi connectivity index (χ1n) is 8.55. The van der Waals surface area contributed by atoms with Crippen LogP contribution in [0, 0.1) is 6.92 Å². The fourth-order valence-corrected chi connectivity index (χ4v) is 2.64. The number of nitrogens with one attached hydrogen (secondary N) is 2. The maximum Gasteiger partial charge on any atom is 0.251 e. The number of aromatic nitrogens is 4. The van der Waals surface area contributed by atoms with Crippen LogP contribution in [0.15, 0.2) is 30.3 Å². The molecule has 0 aliphatic rings. The zero-order chi connectivity index (χ0) is 18.2. The van der Waals surface area contributed by atoms with Crippen LogP contribution in [-0.4, -0.2) is 32.3 Å². The summed E-state index contributed by atoms with van der Waals surface area (Å²) in [6, 6.07) is 9.59. The van der Waals surface area contributed by atoms with E-state index >= 15 is 0 Å². The lowest BCUT2D eigenvalue weighted by atomic mass is 9.93.